The number of carbonyl (C=O) groups is 3. The molecule has 1 saturated heterocycles. The standard InChI is InChI=1S/C55H58N4O9/c1-67-50-32-41(15-16-42(50)33-56-34-49(62)45-17-19-48(61)53-46(45)18-21-51(63)57-53)47(60)20-22-52(64)59-29-25-39(26-30-59)40-11-8-14-44(31-40)55(66,43-12-6-3-7-13-43)54(65)68-36-38-23-27-58(28-24-38)35-37-9-4-2-5-10-37/h2-19,21,25,31-32,38,49,56,61-62,66H,20,22-24,26-30,33-36H2,1H3,(H,57,63)/t49-,55-/m0/s1. The Morgan fingerprint density at radius 2 is 1.60 bits per heavy atom. The molecule has 68 heavy (non-hydrogen) atoms. The van der Waals surface area contributed by atoms with Gasteiger partial charge in [0.25, 0.3) is 0 Å². The van der Waals surface area contributed by atoms with Crippen molar-refractivity contribution in [3.8, 4) is 11.5 Å². The molecule has 2 aliphatic heterocycles. The number of methoxy groups -OCH3 is 1. The SMILES string of the molecule is COc1cc(C(=O)CCC(=O)N2CC=C(c3cccc([C@](O)(C(=O)OCC4CCN(Cc5ccccc5)CC4)c4ccccc4)c3)CC2)ccc1CNC[C@H](O)c1ccc(O)c2[nH]c(=O)ccc12. The molecule has 0 saturated carbocycles. The first kappa shape index (κ1) is 47.6. The molecule has 8 rings (SSSR count). The van der Waals surface area contributed by atoms with Crippen molar-refractivity contribution in [1.82, 2.24) is 20.1 Å². The molecule has 5 aromatic carbocycles. The largest absolute Gasteiger partial charge is 0.506 e. The van der Waals surface area contributed by atoms with E-state index in [-0.39, 0.29) is 60.4 Å². The number of likely N-dealkylation sites (tertiary alicyclic amines) is 1. The smallest absolute Gasteiger partial charge is 0.347 e. The van der Waals surface area contributed by atoms with Gasteiger partial charge in [-0.3, -0.25) is 19.3 Å². The zero-order valence-electron chi connectivity index (χ0n) is 38.2. The zero-order valence-corrected chi connectivity index (χ0v) is 38.2. The second kappa shape index (κ2) is 21.8. The second-order valence-electron chi connectivity index (χ2n) is 17.7. The van der Waals surface area contributed by atoms with Gasteiger partial charge in [-0.2, -0.15) is 0 Å². The quantitative estimate of drug-likeness (QED) is 0.0441. The first-order valence-electron chi connectivity index (χ1n) is 23.2. The number of phenolic OH excluding ortho intramolecular Hbond substituents is 1. The van der Waals surface area contributed by atoms with E-state index in [1.54, 1.807) is 65.6 Å². The molecule has 2 aliphatic rings. The molecular formula is C55H58N4O9. The van der Waals surface area contributed by atoms with Crippen LogP contribution in [-0.4, -0.2) is 94.2 Å². The number of fused-ring (bicyclic) bond motifs is 1. The van der Waals surface area contributed by atoms with Crippen LogP contribution in [0.25, 0.3) is 16.5 Å². The predicted molar refractivity (Wildman–Crippen MR) is 260 cm³/mol. The Hall–Kier alpha value is -6.90. The number of ether oxygens (including phenoxy) is 2. The number of ketones is 1. The molecule has 2 atom stereocenters. The molecule has 0 radical (unpaired) electrons. The summed E-state index contributed by atoms with van der Waals surface area (Å²) < 4.78 is 11.6. The number of hydrogen-bond acceptors (Lipinski definition) is 11. The minimum Gasteiger partial charge on any atom is -0.506 e. The van der Waals surface area contributed by atoms with Gasteiger partial charge in [-0.1, -0.05) is 103 Å². The summed E-state index contributed by atoms with van der Waals surface area (Å²) >= 11 is 0. The highest BCUT2D eigenvalue weighted by Gasteiger charge is 2.42. The van der Waals surface area contributed by atoms with Crippen LogP contribution in [-0.2, 0) is 33.0 Å². The molecule has 3 heterocycles. The Bertz CT molecular complexity index is 2820. The number of H-pyrrole nitrogens is 1. The van der Waals surface area contributed by atoms with Gasteiger partial charge < -0.3 is 40.0 Å². The number of amides is 1. The summed E-state index contributed by atoms with van der Waals surface area (Å²) in [5, 5.41) is 37.2. The Morgan fingerprint density at radius 3 is 2.34 bits per heavy atom. The third-order valence-electron chi connectivity index (χ3n) is 13.2. The molecule has 13 heteroatoms. The van der Waals surface area contributed by atoms with Crippen LogP contribution in [0.4, 0.5) is 0 Å². The number of esters is 1. The highest BCUT2D eigenvalue weighted by Crippen LogP contribution is 2.35. The van der Waals surface area contributed by atoms with Crippen LogP contribution in [0.15, 0.2) is 138 Å². The molecule has 6 aromatic rings. The number of phenols is 1. The number of piperidine rings is 1. The monoisotopic (exact) mass is 918 g/mol. The highest BCUT2D eigenvalue weighted by molar-refractivity contribution is 5.98. The minimum absolute atomic E-state index is 0.0222. The van der Waals surface area contributed by atoms with Gasteiger partial charge in [0.15, 0.2) is 5.78 Å². The van der Waals surface area contributed by atoms with Crippen LogP contribution >= 0.6 is 0 Å². The van der Waals surface area contributed by atoms with Crippen molar-refractivity contribution in [1.29, 1.82) is 0 Å². The number of carbonyl (C=O) groups excluding carboxylic acids is 3. The van der Waals surface area contributed by atoms with Crippen LogP contribution < -0.4 is 15.6 Å². The van der Waals surface area contributed by atoms with Gasteiger partial charge in [0.05, 0.1) is 25.3 Å². The van der Waals surface area contributed by atoms with Crippen LogP contribution in [0.3, 0.4) is 0 Å². The van der Waals surface area contributed by atoms with Crippen LogP contribution in [0, 0.1) is 5.92 Å². The van der Waals surface area contributed by atoms with Gasteiger partial charge in [0.1, 0.15) is 11.5 Å². The zero-order chi connectivity index (χ0) is 47.6. The van der Waals surface area contributed by atoms with Crippen LogP contribution in [0.2, 0.25) is 0 Å². The van der Waals surface area contributed by atoms with Gasteiger partial charge in [-0.25, -0.2) is 4.79 Å². The van der Waals surface area contributed by atoms with E-state index in [1.165, 1.54) is 24.8 Å². The lowest BCUT2D eigenvalue weighted by Crippen LogP contribution is -2.40. The maximum Gasteiger partial charge on any atom is 0.347 e. The second-order valence-corrected chi connectivity index (χ2v) is 17.7. The number of benzene rings is 5. The number of aromatic nitrogens is 1. The van der Waals surface area contributed by atoms with Crippen molar-refractivity contribution in [2.75, 3.05) is 46.4 Å². The van der Waals surface area contributed by atoms with E-state index in [2.05, 4.69) is 39.5 Å². The number of aromatic amines is 1. The first-order chi connectivity index (χ1) is 33.0. The number of nitrogens with one attached hydrogen (secondary N) is 2. The molecule has 1 fully saturated rings. The fourth-order valence-corrected chi connectivity index (χ4v) is 9.22. The third-order valence-corrected chi connectivity index (χ3v) is 13.2. The molecule has 0 unspecified atom stereocenters. The van der Waals surface area contributed by atoms with E-state index in [0.717, 1.165) is 49.2 Å². The van der Waals surface area contributed by atoms with Crippen molar-refractivity contribution in [3.05, 3.63) is 183 Å². The molecule has 352 valence electrons. The van der Waals surface area contributed by atoms with Crippen LogP contribution in [0.5, 0.6) is 11.5 Å². The average molecular weight is 919 g/mol. The van der Waals surface area contributed by atoms with E-state index < -0.39 is 17.7 Å². The van der Waals surface area contributed by atoms with E-state index in [9.17, 15) is 34.5 Å². The average Bonchev–Trinajstić information content (AvgIpc) is 3.38. The topological polar surface area (TPSA) is 182 Å². The Kier molecular flexibility index (Phi) is 15.3. The van der Waals surface area contributed by atoms with E-state index >= 15 is 0 Å². The van der Waals surface area contributed by atoms with Gasteiger partial charge in [0.2, 0.25) is 17.1 Å². The normalized spacial score (nSPS) is 15.9. The molecule has 0 bridgehead atoms. The number of aromatic hydroxyl groups is 1. The van der Waals surface area contributed by atoms with Gasteiger partial charge in [-0.05, 0) is 90.4 Å². The van der Waals surface area contributed by atoms with Crippen molar-refractivity contribution in [3.63, 3.8) is 0 Å². The summed E-state index contributed by atoms with van der Waals surface area (Å²) in [4.78, 5) is 59.3. The molecule has 1 amide bonds. The fourth-order valence-electron chi connectivity index (χ4n) is 9.22. The number of aliphatic hydroxyl groups excluding tert-OH is 1. The number of hydrogen-bond donors (Lipinski definition) is 5. The molecule has 1 aromatic heterocycles. The summed E-state index contributed by atoms with van der Waals surface area (Å²) in [6.45, 7) is 4.24. The lowest BCUT2D eigenvalue weighted by atomic mass is 9.84. The molecule has 5 N–H and O–H groups in total. The number of aliphatic hydroxyl groups is 2. The van der Waals surface area contributed by atoms with E-state index in [0.29, 0.717) is 59.4 Å². The number of rotatable bonds is 18. The predicted octanol–water partition coefficient (Wildman–Crippen LogP) is 7.04. The molecule has 13 nitrogen and oxygen atoms in total. The van der Waals surface area contributed by atoms with E-state index in [1.807, 2.05) is 36.4 Å². The van der Waals surface area contributed by atoms with Crippen molar-refractivity contribution >= 4 is 34.1 Å². The number of pyridine rings is 1. The van der Waals surface area contributed by atoms with Crippen molar-refractivity contribution in [2.45, 2.75) is 56.9 Å². The number of Topliss-reactive ketones (excluding diaryl/α,β-unsaturated/α-hetero) is 1. The Labute approximate surface area is 395 Å². The lowest BCUT2D eigenvalue weighted by molar-refractivity contribution is -0.164. The Balaban J connectivity index is 0.835. The molecule has 0 aliphatic carbocycles. The van der Waals surface area contributed by atoms with Crippen molar-refractivity contribution in [2.24, 2.45) is 5.92 Å². The summed E-state index contributed by atoms with van der Waals surface area (Å²) in [6.07, 6.45) is 3.45. The third kappa shape index (κ3) is 11.1. The number of nitrogens with zero attached hydrogens (tertiary/aromatic N) is 2. The maximum atomic E-state index is 14.0. The van der Waals surface area contributed by atoms with E-state index in [4.69, 9.17) is 9.47 Å². The highest BCUT2D eigenvalue weighted by atomic mass is 16.5. The maximum absolute atomic E-state index is 14.0. The lowest BCUT2D eigenvalue weighted by Gasteiger charge is -2.33. The van der Waals surface area contributed by atoms with Crippen molar-refractivity contribution < 1.29 is 39.2 Å². The summed E-state index contributed by atoms with van der Waals surface area (Å²) in [5.74, 6) is -0.440. The van der Waals surface area contributed by atoms with Gasteiger partial charge >= 0.3 is 5.97 Å². The summed E-state index contributed by atoms with van der Waals surface area (Å²) in [5.41, 5.74) is 3.52. The fraction of sp³-hybridized carbons (Fsp3) is 0.309. The first-order valence-corrected chi connectivity index (χ1v) is 23.2. The minimum atomic E-state index is -2.03. The summed E-state index contributed by atoms with van der Waals surface area (Å²) in [7, 11) is 1.51. The van der Waals surface area contributed by atoms with Gasteiger partial charge in [0, 0.05) is 73.7 Å². The molecular weight excluding hydrogens is 861 g/mol. The summed E-state index contributed by atoms with van der Waals surface area (Å²) in [6, 6.07) is 37.7. The van der Waals surface area contributed by atoms with Crippen LogP contribution in [0.1, 0.15) is 81.9 Å². The molecule has 0 spiro atoms. The van der Waals surface area contributed by atoms with Gasteiger partial charge in [-0.15, -0.1) is 0 Å². The Morgan fingerprint density at radius 1 is 0.853 bits per heavy atom.